The maximum absolute atomic E-state index is 16.2. The molecule has 0 amide bonds. The van der Waals surface area contributed by atoms with Crippen LogP contribution in [0.5, 0.6) is 28.7 Å². The molecule has 0 fully saturated rings. The molecule has 69 heavy (non-hydrogen) atoms. The van der Waals surface area contributed by atoms with Gasteiger partial charge in [-0.05, 0) is 47.7 Å². The van der Waals surface area contributed by atoms with Gasteiger partial charge in [0.05, 0.1) is 66.1 Å². The van der Waals surface area contributed by atoms with Crippen molar-refractivity contribution in [3.8, 4) is 39.9 Å². The Morgan fingerprint density at radius 2 is 0.841 bits per heavy atom. The van der Waals surface area contributed by atoms with Crippen LogP contribution in [0.1, 0.15) is 66.8 Å². The van der Waals surface area contributed by atoms with Crippen LogP contribution < -0.4 is 23.7 Å². The van der Waals surface area contributed by atoms with Crippen molar-refractivity contribution in [2.45, 2.75) is 71.9 Å². The normalized spacial score (nSPS) is 11.4. The van der Waals surface area contributed by atoms with Crippen molar-refractivity contribution < 1.29 is 68.6 Å². The molecule has 0 aliphatic rings. The minimum Gasteiger partial charge on any atom is -0.489 e. The molecule has 0 aliphatic carbocycles. The molecule has 0 atom stereocenters. The third kappa shape index (κ3) is 15.1. The van der Waals surface area contributed by atoms with E-state index in [1.807, 2.05) is 97.9 Å². The van der Waals surface area contributed by atoms with Gasteiger partial charge in [0, 0.05) is 42.5 Å². The average Bonchev–Trinajstić information content (AvgIpc) is 3.33. The summed E-state index contributed by atoms with van der Waals surface area (Å²) >= 11 is 0. The number of rotatable bonds is 29. The third-order valence-corrected chi connectivity index (χ3v) is 10.5. The number of benzene rings is 6. The van der Waals surface area contributed by atoms with Gasteiger partial charge in [0.15, 0.2) is 29.0 Å². The Morgan fingerprint density at radius 1 is 0.449 bits per heavy atom. The van der Waals surface area contributed by atoms with Gasteiger partial charge in [-0.2, -0.15) is 8.78 Å². The molecule has 0 bridgehead atoms. The SMILES string of the molecule is CCCCOc1c(OCCCOCc2ccccc2)c(OCCCOCc2ccccc2)c(OCCCOCc2ccccc2)c(C)c1-c1cc(F)c(C(F)(F)Oc2cc(F)c(F)c(F)c2)c(F)c1. The van der Waals surface area contributed by atoms with Crippen molar-refractivity contribution in [2.24, 2.45) is 0 Å². The molecule has 0 saturated heterocycles. The molecular weight excluding hydrogens is 910 g/mol. The van der Waals surface area contributed by atoms with Gasteiger partial charge < -0.3 is 37.9 Å². The van der Waals surface area contributed by atoms with Crippen LogP contribution in [0.15, 0.2) is 115 Å². The van der Waals surface area contributed by atoms with Crippen LogP contribution in [0, 0.1) is 36.0 Å². The van der Waals surface area contributed by atoms with E-state index >= 15 is 17.6 Å². The van der Waals surface area contributed by atoms with Crippen molar-refractivity contribution in [1.29, 1.82) is 0 Å². The number of unbranched alkanes of at least 4 members (excludes halogenated alkanes) is 1. The maximum Gasteiger partial charge on any atom is 0.432 e. The number of alkyl halides is 2. The lowest BCUT2D eigenvalue weighted by Crippen LogP contribution is -2.25. The van der Waals surface area contributed by atoms with Crippen LogP contribution in [-0.4, -0.2) is 46.2 Å². The predicted molar refractivity (Wildman–Crippen MR) is 246 cm³/mol. The average molecular weight is 965 g/mol. The molecule has 15 heteroatoms. The summed E-state index contributed by atoms with van der Waals surface area (Å²) in [5.41, 5.74) is 1.18. The molecule has 6 aromatic rings. The Kier molecular flexibility index (Phi) is 20.0. The summed E-state index contributed by atoms with van der Waals surface area (Å²) in [5.74, 6) is -10.1. The Labute approximate surface area is 397 Å². The van der Waals surface area contributed by atoms with Gasteiger partial charge in [0.2, 0.25) is 11.5 Å². The minimum atomic E-state index is -4.82. The molecule has 368 valence electrons. The molecule has 0 aromatic heterocycles. The fourth-order valence-electron chi connectivity index (χ4n) is 7.10. The Hall–Kier alpha value is -6.29. The second-order valence-corrected chi connectivity index (χ2v) is 15.9. The summed E-state index contributed by atoms with van der Waals surface area (Å²) in [6.45, 7) is 5.99. The molecule has 0 radical (unpaired) electrons. The number of hydrogen-bond donors (Lipinski definition) is 0. The van der Waals surface area contributed by atoms with Gasteiger partial charge in [-0.15, -0.1) is 0 Å². The number of hydrogen-bond acceptors (Lipinski definition) is 8. The lowest BCUT2D eigenvalue weighted by Gasteiger charge is -2.26. The van der Waals surface area contributed by atoms with Gasteiger partial charge >= 0.3 is 6.11 Å². The van der Waals surface area contributed by atoms with E-state index in [2.05, 4.69) is 4.74 Å². The van der Waals surface area contributed by atoms with Crippen molar-refractivity contribution in [2.75, 3.05) is 46.2 Å². The highest BCUT2D eigenvalue weighted by molar-refractivity contribution is 5.83. The minimum absolute atomic E-state index is 0.00634. The Bertz CT molecular complexity index is 2470. The summed E-state index contributed by atoms with van der Waals surface area (Å²) in [6.07, 6.45) is -2.33. The lowest BCUT2D eigenvalue weighted by atomic mass is 9.95. The zero-order valence-corrected chi connectivity index (χ0v) is 38.5. The summed E-state index contributed by atoms with van der Waals surface area (Å²) < 4.78 is 153. The quantitative estimate of drug-likeness (QED) is 0.0261. The van der Waals surface area contributed by atoms with Crippen molar-refractivity contribution in [3.63, 3.8) is 0 Å². The molecule has 0 unspecified atom stereocenters. The molecule has 8 nitrogen and oxygen atoms in total. The van der Waals surface area contributed by atoms with E-state index in [1.54, 1.807) is 6.92 Å². The zero-order valence-electron chi connectivity index (χ0n) is 38.5. The van der Waals surface area contributed by atoms with Crippen LogP contribution in [0.2, 0.25) is 0 Å². The van der Waals surface area contributed by atoms with E-state index in [1.165, 1.54) is 0 Å². The highest BCUT2D eigenvalue weighted by Gasteiger charge is 2.42. The first-order valence-corrected chi connectivity index (χ1v) is 22.7. The second-order valence-electron chi connectivity index (χ2n) is 15.9. The third-order valence-electron chi connectivity index (χ3n) is 10.5. The van der Waals surface area contributed by atoms with Crippen LogP contribution in [0.25, 0.3) is 11.1 Å². The van der Waals surface area contributed by atoms with E-state index in [4.69, 9.17) is 33.2 Å². The summed E-state index contributed by atoms with van der Waals surface area (Å²) in [5, 5.41) is 0. The van der Waals surface area contributed by atoms with Gasteiger partial charge in [0.1, 0.15) is 22.9 Å². The molecular formula is C54H55F7O8. The first kappa shape index (κ1) is 52.1. The molecule has 0 aliphatic heterocycles. The van der Waals surface area contributed by atoms with Crippen LogP contribution in [-0.2, 0) is 40.1 Å². The van der Waals surface area contributed by atoms with Gasteiger partial charge in [-0.1, -0.05) is 104 Å². The zero-order chi connectivity index (χ0) is 49.0. The van der Waals surface area contributed by atoms with Crippen molar-refractivity contribution >= 4 is 0 Å². The first-order valence-electron chi connectivity index (χ1n) is 22.7. The summed E-state index contributed by atoms with van der Waals surface area (Å²) in [6, 6.07) is 30.5. The fourth-order valence-corrected chi connectivity index (χ4v) is 7.10. The van der Waals surface area contributed by atoms with E-state index in [9.17, 15) is 13.2 Å². The standard InChI is InChI=1S/C54H55F7O8/c1-3-4-26-66-51-47(41-30-43(55)48(44(56)31-41)54(60,61)69-42-32-45(57)49(59)46(58)33-42)37(2)50(65-27-14-23-62-34-38-17-8-5-9-18-38)52(67-28-15-24-63-35-39-19-10-6-11-20-39)53(51)68-29-16-25-64-36-40-21-12-7-13-22-40/h5-13,17-22,30-33H,3-4,14-16,23-29,34-36H2,1-2H3. The molecule has 0 saturated carbocycles. The summed E-state index contributed by atoms with van der Waals surface area (Å²) in [7, 11) is 0. The first-order chi connectivity index (χ1) is 33.5. The van der Waals surface area contributed by atoms with E-state index < -0.39 is 46.5 Å². The van der Waals surface area contributed by atoms with E-state index in [-0.39, 0.29) is 78.2 Å². The van der Waals surface area contributed by atoms with E-state index in [0.717, 1.165) is 16.7 Å². The topological polar surface area (TPSA) is 73.8 Å². The number of ether oxygens (including phenoxy) is 8. The molecule has 0 N–H and O–H groups in total. The Morgan fingerprint density at radius 3 is 1.28 bits per heavy atom. The van der Waals surface area contributed by atoms with Gasteiger partial charge in [-0.25, -0.2) is 22.0 Å². The van der Waals surface area contributed by atoms with Crippen LogP contribution in [0.3, 0.4) is 0 Å². The lowest BCUT2D eigenvalue weighted by molar-refractivity contribution is -0.189. The largest absolute Gasteiger partial charge is 0.489 e. The molecule has 6 rings (SSSR count). The van der Waals surface area contributed by atoms with E-state index in [0.29, 0.717) is 83.9 Å². The van der Waals surface area contributed by atoms with Gasteiger partial charge in [0.25, 0.3) is 0 Å². The van der Waals surface area contributed by atoms with Crippen LogP contribution >= 0.6 is 0 Å². The fraction of sp³-hybridized carbons (Fsp3) is 0.333. The van der Waals surface area contributed by atoms with Gasteiger partial charge in [-0.3, -0.25) is 0 Å². The predicted octanol–water partition coefficient (Wildman–Crippen LogP) is 13.6. The highest BCUT2D eigenvalue weighted by atomic mass is 19.3. The number of halogens is 7. The molecule has 6 aromatic carbocycles. The summed E-state index contributed by atoms with van der Waals surface area (Å²) in [4.78, 5) is 0. The van der Waals surface area contributed by atoms with Crippen molar-refractivity contribution in [1.82, 2.24) is 0 Å². The second kappa shape index (κ2) is 26.5. The molecule has 0 spiro atoms. The smallest absolute Gasteiger partial charge is 0.432 e. The monoisotopic (exact) mass is 964 g/mol. The highest BCUT2D eigenvalue weighted by Crippen LogP contribution is 2.54. The van der Waals surface area contributed by atoms with Crippen LogP contribution in [0.4, 0.5) is 30.7 Å². The maximum atomic E-state index is 16.2. The molecule has 0 heterocycles. The van der Waals surface area contributed by atoms with Crippen molar-refractivity contribution in [3.05, 3.63) is 172 Å². The Balaban J connectivity index is 1.36.